The van der Waals surface area contributed by atoms with Crippen LogP contribution in [0.25, 0.3) is 11.2 Å². The van der Waals surface area contributed by atoms with Crippen molar-refractivity contribution in [3.05, 3.63) is 11.5 Å². The van der Waals surface area contributed by atoms with Gasteiger partial charge < -0.3 is 9.30 Å². The lowest BCUT2D eigenvalue weighted by Gasteiger charge is -2.23. The monoisotopic (exact) mass is 310 g/mol. The molecular formula is C15H23ClN4O. The fourth-order valence-corrected chi connectivity index (χ4v) is 3.44. The van der Waals surface area contributed by atoms with E-state index in [1.807, 2.05) is 18.7 Å². The van der Waals surface area contributed by atoms with E-state index in [0.29, 0.717) is 0 Å². The Kier molecular flexibility index (Phi) is 3.97. The minimum Gasteiger partial charge on any atom is -0.376 e. The number of aryl methyl sites for hydroxylation is 2. The molecule has 3 unspecified atom stereocenters. The van der Waals surface area contributed by atoms with Crippen molar-refractivity contribution in [2.75, 3.05) is 6.61 Å². The Labute approximate surface area is 130 Å². The third kappa shape index (κ3) is 2.36. The van der Waals surface area contributed by atoms with Gasteiger partial charge in [-0.05, 0) is 33.1 Å². The molecule has 1 aliphatic rings. The first-order chi connectivity index (χ1) is 10.0. The SMILES string of the molecule is CCc1nn(C)c2c1nc(C(C)Cl)n2C(C)C1CCCO1. The fraction of sp³-hybridized carbons (Fsp3) is 0.733. The first kappa shape index (κ1) is 14.9. The number of ether oxygens (including phenoxy) is 1. The highest BCUT2D eigenvalue weighted by molar-refractivity contribution is 6.20. The van der Waals surface area contributed by atoms with Crippen LogP contribution in [-0.4, -0.2) is 32.0 Å². The summed E-state index contributed by atoms with van der Waals surface area (Å²) in [5, 5.41) is 4.45. The lowest BCUT2D eigenvalue weighted by Crippen LogP contribution is -2.23. The van der Waals surface area contributed by atoms with Crippen molar-refractivity contribution in [3.8, 4) is 0 Å². The molecule has 116 valence electrons. The predicted molar refractivity (Wildman–Crippen MR) is 83.8 cm³/mol. The van der Waals surface area contributed by atoms with E-state index in [4.69, 9.17) is 21.3 Å². The molecular weight excluding hydrogens is 288 g/mol. The standard InChI is InChI=1S/C15H23ClN4O/c1-5-11-13-15(19(4)18-11)20(14(17-13)9(2)16)10(3)12-7-6-8-21-12/h9-10,12H,5-8H2,1-4H3. The van der Waals surface area contributed by atoms with Gasteiger partial charge in [0.25, 0.3) is 0 Å². The number of hydrogen-bond donors (Lipinski definition) is 0. The van der Waals surface area contributed by atoms with Crippen molar-refractivity contribution in [1.82, 2.24) is 19.3 Å². The number of nitrogens with zero attached hydrogens (tertiary/aromatic N) is 4. The van der Waals surface area contributed by atoms with Gasteiger partial charge in [-0.15, -0.1) is 11.6 Å². The van der Waals surface area contributed by atoms with Crippen LogP contribution in [0.15, 0.2) is 0 Å². The van der Waals surface area contributed by atoms with Gasteiger partial charge in [0.2, 0.25) is 0 Å². The molecule has 21 heavy (non-hydrogen) atoms. The van der Waals surface area contributed by atoms with Gasteiger partial charge in [-0.3, -0.25) is 4.68 Å². The zero-order valence-corrected chi connectivity index (χ0v) is 13.9. The van der Waals surface area contributed by atoms with Crippen LogP contribution in [-0.2, 0) is 18.2 Å². The Morgan fingerprint density at radius 3 is 2.76 bits per heavy atom. The number of imidazole rings is 1. The quantitative estimate of drug-likeness (QED) is 0.813. The Bertz CT molecular complexity index is 640. The lowest BCUT2D eigenvalue weighted by molar-refractivity contribution is 0.0732. The van der Waals surface area contributed by atoms with Gasteiger partial charge in [0.15, 0.2) is 5.65 Å². The van der Waals surface area contributed by atoms with Gasteiger partial charge in [0, 0.05) is 13.7 Å². The number of alkyl halides is 1. The summed E-state index contributed by atoms with van der Waals surface area (Å²) in [4.78, 5) is 4.79. The van der Waals surface area contributed by atoms with Crippen LogP contribution in [0.1, 0.15) is 56.6 Å². The average molecular weight is 311 g/mol. The zero-order valence-electron chi connectivity index (χ0n) is 13.1. The van der Waals surface area contributed by atoms with E-state index in [0.717, 1.165) is 48.6 Å². The smallest absolute Gasteiger partial charge is 0.159 e. The molecule has 0 radical (unpaired) electrons. The number of fused-ring (bicyclic) bond motifs is 1. The highest BCUT2D eigenvalue weighted by Crippen LogP contribution is 2.33. The van der Waals surface area contributed by atoms with E-state index in [9.17, 15) is 0 Å². The van der Waals surface area contributed by atoms with E-state index in [2.05, 4.69) is 23.5 Å². The molecule has 3 heterocycles. The topological polar surface area (TPSA) is 44.9 Å². The van der Waals surface area contributed by atoms with Crippen molar-refractivity contribution in [2.24, 2.45) is 7.05 Å². The summed E-state index contributed by atoms with van der Waals surface area (Å²) in [6.45, 7) is 7.12. The second-order valence-electron chi connectivity index (χ2n) is 5.84. The molecule has 0 saturated carbocycles. The van der Waals surface area contributed by atoms with Gasteiger partial charge in [0.05, 0.1) is 23.2 Å². The van der Waals surface area contributed by atoms with E-state index in [-0.39, 0.29) is 17.5 Å². The van der Waals surface area contributed by atoms with Crippen molar-refractivity contribution < 1.29 is 4.74 Å². The molecule has 1 saturated heterocycles. The van der Waals surface area contributed by atoms with Crippen LogP contribution >= 0.6 is 11.6 Å². The minimum atomic E-state index is -0.133. The largest absolute Gasteiger partial charge is 0.376 e. The third-order valence-corrected chi connectivity index (χ3v) is 4.56. The van der Waals surface area contributed by atoms with Crippen LogP contribution < -0.4 is 0 Å². The van der Waals surface area contributed by atoms with Crippen LogP contribution in [0.2, 0.25) is 0 Å². The van der Waals surface area contributed by atoms with Gasteiger partial charge in [-0.25, -0.2) is 4.98 Å². The first-order valence-corrected chi connectivity index (χ1v) is 8.17. The molecule has 0 aliphatic carbocycles. The second kappa shape index (κ2) is 5.61. The van der Waals surface area contributed by atoms with E-state index in [1.54, 1.807) is 0 Å². The normalized spacial score (nSPS) is 22.0. The van der Waals surface area contributed by atoms with Gasteiger partial charge in [0.1, 0.15) is 11.3 Å². The number of aromatic nitrogens is 4. The lowest BCUT2D eigenvalue weighted by atomic mass is 10.1. The molecule has 0 bridgehead atoms. The van der Waals surface area contributed by atoms with Gasteiger partial charge in [-0.1, -0.05) is 6.92 Å². The molecule has 6 heteroatoms. The molecule has 2 aromatic rings. The molecule has 0 spiro atoms. The molecule has 0 N–H and O–H groups in total. The Morgan fingerprint density at radius 2 is 2.19 bits per heavy atom. The maximum Gasteiger partial charge on any atom is 0.159 e. The summed E-state index contributed by atoms with van der Waals surface area (Å²) < 4.78 is 10.0. The maximum absolute atomic E-state index is 6.38. The van der Waals surface area contributed by atoms with Crippen molar-refractivity contribution in [3.63, 3.8) is 0 Å². The van der Waals surface area contributed by atoms with Crippen LogP contribution in [0.4, 0.5) is 0 Å². The molecule has 1 aliphatic heterocycles. The fourth-order valence-electron chi connectivity index (χ4n) is 3.29. The molecule has 0 amide bonds. The summed E-state index contributed by atoms with van der Waals surface area (Å²) in [5.41, 5.74) is 3.06. The maximum atomic E-state index is 6.38. The number of hydrogen-bond acceptors (Lipinski definition) is 3. The molecule has 3 rings (SSSR count). The highest BCUT2D eigenvalue weighted by atomic mass is 35.5. The van der Waals surface area contributed by atoms with Gasteiger partial charge >= 0.3 is 0 Å². The Balaban J connectivity index is 2.17. The minimum absolute atomic E-state index is 0.133. The summed E-state index contributed by atoms with van der Waals surface area (Å²) in [7, 11) is 1.98. The molecule has 3 atom stereocenters. The first-order valence-electron chi connectivity index (χ1n) is 7.74. The van der Waals surface area contributed by atoms with Gasteiger partial charge in [-0.2, -0.15) is 5.10 Å². The van der Waals surface area contributed by atoms with Crippen molar-refractivity contribution in [2.45, 2.75) is 57.6 Å². The number of rotatable bonds is 4. The third-order valence-electron chi connectivity index (χ3n) is 4.36. The Morgan fingerprint density at radius 1 is 1.43 bits per heavy atom. The zero-order chi connectivity index (χ0) is 15.1. The molecule has 1 fully saturated rings. The predicted octanol–water partition coefficient (Wildman–Crippen LogP) is 3.37. The average Bonchev–Trinajstić information content (AvgIpc) is 3.14. The van der Waals surface area contributed by atoms with Crippen LogP contribution in [0, 0.1) is 0 Å². The second-order valence-corrected chi connectivity index (χ2v) is 6.50. The molecule has 2 aromatic heterocycles. The van der Waals surface area contributed by atoms with E-state index in [1.165, 1.54) is 0 Å². The van der Waals surface area contributed by atoms with E-state index >= 15 is 0 Å². The van der Waals surface area contributed by atoms with Crippen LogP contribution in [0.3, 0.4) is 0 Å². The van der Waals surface area contributed by atoms with Crippen LogP contribution in [0.5, 0.6) is 0 Å². The molecule has 0 aromatic carbocycles. The van der Waals surface area contributed by atoms with E-state index < -0.39 is 0 Å². The molecule has 5 nitrogen and oxygen atoms in total. The summed E-state index contributed by atoms with van der Waals surface area (Å²) >= 11 is 6.38. The highest BCUT2D eigenvalue weighted by Gasteiger charge is 2.30. The van der Waals surface area contributed by atoms with Crippen molar-refractivity contribution >= 4 is 22.8 Å². The van der Waals surface area contributed by atoms with Crippen molar-refractivity contribution in [1.29, 1.82) is 0 Å². The summed E-state index contributed by atoms with van der Waals surface area (Å²) in [6.07, 6.45) is 3.33. The summed E-state index contributed by atoms with van der Waals surface area (Å²) in [5.74, 6) is 0.914. The summed E-state index contributed by atoms with van der Waals surface area (Å²) in [6, 6.07) is 0.216. The number of halogens is 1. The Hall–Kier alpha value is -1.07.